The van der Waals surface area contributed by atoms with Gasteiger partial charge in [-0.1, -0.05) is 36.8 Å². The van der Waals surface area contributed by atoms with Crippen LogP contribution in [0.3, 0.4) is 0 Å². The van der Waals surface area contributed by atoms with Gasteiger partial charge in [0, 0.05) is 13.1 Å². The Morgan fingerprint density at radius 3 is 2.40 bits per heavy atom. The largest absolute Gasteiger partial charge is 0.305 e. The summed E-state index contributed by atoms with van der Waals surface area (Å²) in [6.45, 7) is 6.98. The summed E-state index contributed by atoms with van der Waals surface area (Å²) in [4.78, 5) is 2.46. The first-order valence-corrected chi connectivity index (χ1v) is 5.90. The average molecular weight is 203 g/mol. The van der Waals surface area contributed by atoms with Crippen molar-refractivity contribution < 1.29 is 0 Å². The first kappa shape index (κ1) is 10.7. The highest BCUT2D eigenvalue weighted by atomic mass is 15.1. The highest BCUT2D eigenvalue weighted by molar-refractivity contribution is 5.25. The SMILES string of the molecule is Cc1ccc(C2C[C@H](C)CN(C)C2)cc1. The van der Waals surface area contributed by atoms with E-state index >= 15 is 0 Å². The Hall–Kier alpha value is -0.820. The predicted octanol–water partition coefficient (Wildman–Crippen LogP) is 3.05. The van der Waals surface area contributed by atoms with Crippen LogP contribution in [-0.4, -0.2) is 25.0 Å². The van der Waals surface area contributed by atoms with Crippen LogP contribution in [0.25, 0.3) is 0 Å². The van der Waals surface area contributed by atoms with Gasteiger partial charge in [-0.2, -0.15) is 0 Å². The molecule has 1 heterocycles. The summed E-state index contributed by atoms with van der Waals surface area (Å²) in [5.74, 6) is 1.56. The molecule has 1 saturated heterocycles. The van der Waals surface area contributed by atoms with E-state index in [1.54, 1.807) is 0 Å². The second-order valence-corrected chi connectivity index (χ2v) is 5.17. The van der Waals surface area contributed by atoms with Gasteiger partial charge in [0.15, 0.2) is 0 Å². The van der Waals surface area contributed by atoms with Crippen molar-refractivity contribution in [3.05, 3.63) is 35.4 Å². The molecule has 1 heteroatoms. The lowest BCUT2D eigenvalue weighted by Gasteiger charge is -2.34. The van der Waals surface area contributed by atoms with Crippen LogP contribution in [0.2, 0.25) is 0 Å². The van der Waals surface area contributed by atoms with Gasteiger partial charge < -0.3 is 4.90 Å². The number of likely N-dealkylation sites (tertiary alicyclic amines) is 1. The van der Waals surface area contributed by atoms with Gasteiger partial charge in [0.2, 0.25) is 0 Å². The van der Waals surface area contributed by atoms with E-state index in [-0.39, 0.29) is 0 Å². The van der Waals surface area contributed by atoms with E-state index in [1.165, 1.54) is 30.6 Å². The standard InChI is InChI=1S/C14H21N/c1-11-4-6-13(7-5-11)14-8-12(2)9-15(3)10-14/h4-7,12,14H,8-10H2,1-3H3/t12-,14?/m0/s1. The summed E-state index contributed by atoms with van der Waals surface area (Å²) in [5.41, 5.74) is 2.87. The zero-order valence-corrected chi connectivity index (χ0v) is 10.0. The normalized spacial score (nSPS) is 27.9. The van der Waals surface area contributed by atoms with Crippen LogP contribution in [0, 0.1) is 12.8 Å². The molecule has 82 valence electrons. The van der Waals surface area contributed by atoms with Crippen molar-refractivity contribution in [3.63, 3.8) is 0 Å². The molecule has 0 saturated carbocycles. The number of hydrogen-bond donors (Lipinski definition) is 0. The summed E-state index contributed by atoms with van der Waals surface area (Å²) < 4.78 is 0. The van der Waals surface area contributed by atoms with E-state index in [0.29, 0.717) is 0 Å². The second kappa shape index (κ2) is 4.36. The molecule has 1 aliphatic rings. The molecule has 1 aliphatic heterocycles. The van der Waals surface area contributed by atoms with Gasteiger partial charge >= 0.3 is 0 Å². The maximum Gasteiger partial charge on any atom is 0.00474 e. The lowest BCUT2D eigenvalue weighted by Crippen LogP contribution is -2.35. The molecule has 2 rings (SSSR count). The van der Waals surface area contributed by atoms with Gasteiger partial charge in [-0.3, -0.25) is 0 Å². The monoisotopic (exact) mass is 203 g/mol. The van der Waals surface area contributed by atoms with Crippen molar-refractivity contribution in [3.8, 4) is 0 Å². The number of benzene rings is 1. The van der Waals surface area contributed by atoms with Gasteiger partial charge in [0.25, 0.3) is 0 Å². The number of rotatable bonds is 1. The van der Waals surface area contributed by atoms with E-state index in [0.717, 1.165) is 11.8 Å². The Balaban J connectivity index is 2.12. The van der Waals surface area contributed by atoms with Gasteiger partial charge in [0.05, 0.1) is 0 Å². The summed E-state index contributed by atoms with van der Waals surface area (Å²) in [7, 11) is 2.23. The molecular formula is C14H21N. The first-order chi connectivity index (χ1) is 7.15. The minimum Gasteiger partial charge on any atom is -0.305 e. The Labute approximate surface area is 93.1 Å². The summed E-state index contributed by atoms with van der Waals surface area (Å²) in [6, 6.07) is 9.06. The van der Waals surface area contributed by atoms with Gasteiger partial charge in [-0.05, 0) is 37.8 Å². The molecule has 15 heavy (non-hydrogen) atoms. The van der Waals surface area contributed by atoms with Crippen molar-refractivity contribution in [1.82, 2.24) is 4.90 Å². The zero-order chi connectivity index (χ0) is 10.8. The maximum absolute atomic E-state index is 2.46. The highest BCUT2D eigenvalue weighted by Crippen LogP contribution is 2.29. The van der Waals surface area contributed by atoms with Crippen LogP contribution in [0.4, 0.5) is 0 Å². The van der Waals surface area contributed by atoms with Crippen molar-refractivity contribution in [1.29, 1.82) is 0 Å². The van der Waals surface area contributed by atoms with E-state index in [4.69, 9.17) is 0 Å². The Kier molecular flexibility index (Phi) is 3.11. The number of piperidine rings is 1. The molecule has 1 aromatic carbocycles. The Morgan fingerprint density at radius 1 is 1.13 bits per heavy atom. The fraction of sp³-hybridized carbons (Fsp3) is 0.571. The maximum atomic E-state index is 2.46. The second-order valence-electron chi connectivity index (χ2n) is 5.17. The van der Waals surface area contributed by atoms with E-state index in [1.807, 2.05) is 0 Å². The van der Waals surface area contributed by atoms with E-state index < -0.39 is 0 Å². The average Bonchev–Trinajstić information content (AvgIpc) is 2.17. The minimum absolute atomic E-state index is 0.736. The summed E-state index contributed by atoms with van der Waals surface area (Å²) in [5, 5.41) is 0. The molecule has 2 atom stereocenters. The molecule has 0 aromatic heterocycles. The molecule has 1 nitrogen and oxygen atoms in total. The number of nitrogens with zero attached hydrogens (tertiary/aromatic N) is 1. The van der Waals surface area contributed by atoms with Crippen LogP contribution >= 0.6 is 0 Å². The van der Waals surface area contributed by atoms with Crippen molar-refractivity contribution >= 4 is 0 Å². The lowest BCUT2D eigenvalue weighted by atomic mass is 9.85. The van der Waals surface area contributed by atoms with Crippen LogP contribution in [0.1, 0.15) is 30.4 Å². The third kappa shape index (κ3) is 2.60. The van der Waals surface area contributed by atoms with E-state index in [2.05, 4.69) is 50.1 Å². The van der Waals surface area contributed by atoms with Crippen molar-refractivity contribution in [2.75, 3.05) is 20.1 Å². The van der Waals surface area contributed by atoms with Gasteiger partial charge in [-0.15, -0.1) is 0 Å². The minimum atomic E-state index is 0.736. The Morgan fingerprint density at radius 2 is 1.80 bits per heavy atom. The number of hydrogen-bond acceptors (Lipinski definition) is 1. The zero-order valence-electron chi connectivity index (χ0n) is 10.0. The molecule has 1 fully saturated rings. The molecule has 1 unspecified atom stereocenters. The quantitative estimate of drug-likeness (QED) is 0.678. The van der Waals surface area contributed by atoms with Crippen LogP contribution in [0.15, 0.2) is 24.3 Å². The van der Waals surface area contributed by atoms with Crippen molar-refractivity contribution in [2.45, 2.75) is 26.2 Å². The van der Waals surface area contributed by atoms with E-state index in [9.17, 15) is 0 Å². The summed E-state index contributed by atoms with van der Waals surface area (Å²) in [6.07, 6.45) is 1.34. The molecular weight excluding hydrogens is 182 g/mol. The first-order valence-electron chi connectivity index (χ1n) is 5.90. The van der Waals surface area contributed by atoms with Crippen LogP contribution < -0.4 is 0 Å². The third-order valence-corrected chi connectivity index (χ3v) is 3.39. The molecule has 0 N–H and O–H groups in total. The topological polar surface area (TPSA) is 3.24 Å². The van der Waals surface area contributed by atoms with Gasteiger partial charge in [-0.25, -0.2) is 0 Å². The molecule has 0 radical (unpaired) electrons. The highest BCUT2D eigenvalue weighted by Gasteiger charge is 2.23. The molecule has 1 aromatic rings. The molecule has 0 spiro atoms. The molecule has 0 aliphatic carbocycles. The third-order valence-electron chi connectivity index (χ3n) is 3.39. The predicted molar refractivity (Wildman–Crippen MR) is 65.2 cm³/mol. The van der Waals surface area contributed by atoms with Gasteiger partial charge in [0.1, 0.15) is 0 Å². The van der Waals surface area contributed by atoms with Crippen LogP contribution in [-0.2, 0) is 0 Å². The lowest BCUT2D eigenvalue weighted by molar-refractivity contribution is 0.198. The van der Waals surface area contributed by atoms with Crippen molar-refractivity contribution in [2.24, 2.45) is 5.92 Å². The smallest absolute Gasteiger partial charge is 0.00474 e. The number of aryl methyl sites for hydroxylation is 1. The number of likely N-dealkylation sites (N-methyl/N-ethyl adjacent to an activating group) is 1. The Bertz CT molecular complexity index is 305. The van der Waals surface area contributed by atoms with Crippen LogP contribution in [0.5, 0.6) is 0 Å². The molecule has 0 bridgehead atoms. The fourth-order valence-corrected chi connectivity index (χ4v) is 2.70. The molecule has 0 amide bonds. The summed E-state index contributed by atoms with van der Waals surface area (Å²) >= 11 is 0. The fourth-order valence-electron chi connectivity index (χ4n) is 2.70.